The predicted molar refractivity (Wildman–Crippen MR) is 54.8 cm³/mol. The lowest BCUT2D eigenvalue weighted by Crippen LogP contribution is -1.95. The van der Waals surface area contributed by atoms with E-state index in [1.165, 1.54) is 25.1 Å². The van der Waals surface area contributed by atoms with Crippen molar-refractivity contribution in [3.8, 4) is 5.75 Å². The number of furan rings is 1. The van der Waals surface area contributed by atoms with Crippen LogP contribution in [0.15, 0.2) is 22.6 Å². The second kappa shape index (κ2) is 3.37. The van der Waals surface area contributed by atoms with E-state index in [0.717, 1.165) is 0 Å². The normalized spacial score (nSPS) is 10.6. The Morgan fingerprint density at radius 1 is 1.31 bits per heavy atom. The Kier molecular flexibility index (Phi) is 2.16. The summed E-state index contributed by atoms with van der Waals surface area (Å²) in [6.45, 7) is 1.33. The second-order valence-corrected chi connectivity index (χ2v) is 3.35. The van der Waals surface area contributed by atoms with E-state index in [-0.39, 0.29) is 33.8 Å². The molecule has 0 aliphatic rings. The van der Waals surface area contributed by atoms with Gasteiger partial charge >= 0.3 is 5.97 Å². The highest BCUT2D eigenvalue weighted by atomic mass is 16.4. The summed E-state index contributed by atoms with van der Waals surface area (Å²) in [5.74, 6) is -1.81. The molecule has 0 atom stereocenters. The molecule has 0 radical (unpaired) electrons. The van der Waals surface area contributed by atoms with Gasteiger partial charge in [-0.1, -0.05) is 0 Å². The number of ketones is 1. The van der Waals surface area contributed by atoms with E-state index in [1.54, 1.807) is 0 Å². The Morgan fingerprint density at radius 3 is 2.56 bits per heavy atom. The van der Waals surface area contributed by atoms with Gasteiger partial charge in [-0.2, -0.15) is 0 Å². The molecule has 2 aromatic rings. The number of aromatic carboxylic acids is 1. The lowest BCUT2D eigenvalue weighted by atomic mass is 10.1. The second-order valence-electron chi connectivity index (χ2n) is 3.35. The Bertz CT molecular complexity index is 594. The van der Waals surface area contributed by atoms with Gasteiger partial charge in [0, 0.05) is 6.92 Å². The fraction of sp³-hybridized carbons (Fsp3) is 0.0909. The van der Waals surface area contributed by atoms with Gasteiger partial charge in [0.25, 0.3) is 0 Å². The van der Waals surface area contributed by atoms with Gasteiger partial charge < -0.3 is 14.6 Å². The zero-order valence-electron chi connectivity index (χ0n) is 8.35. The first-order valence-electron chi connectivity index (χ1n) is 4.50. The van der Waals surface area contributed by atoms with Crippen LogP contribution in [0.2, 0.25) is 0 Å². The molecule has 0 fully saturated rings. The summed E-state index contributed by atoms with van der Waals surface area (Å²) in [6, 6.07) is 3.97. The highest BCUT2D eigenvalue weighted by molar-refractivity contribution is 6.02. The zero-order valence-corrected chi connectivity index (χ0v) is 8.35. The van der Waals surface area contributed by atoms with Gasteiger partial charge in [0.2, 0.25) is 0 Å². The minimum absolute atomic E-state index is 0.0906. The number of carboxylic acid groups (broad SMARTS) is 1. The van der Waals surface area contributed by atoms with Crippen LogP contribution in [-0.4, -0.2) is 22.0 Å². The summed E-state index contributed by atoms with van der Waals surface area (Å²) in [5.41, 5.74) is 0.0658. The molecule has 2 N–H and O–H groups in total. The van der Waals surface area contributed by atoms with Gasteiger partial charge in [0.15, 0.2) is 11.5 Å². The SMILES string of the molecule is CC(=O)c1cc2c(O)c(C(=O)O)ccc2o1. The molecule has 82 valence electrons. The first kappa shape index (κ1) is 10.2. The summed E-state index contributed by atoms with van der Waals surface area (Å²) < 4.78 is 5.14. The molecule has 2 rings (SSSR count). The molecule has 0 unspecified atom stereocenters. The third-order valence-corrected chi connectivity index (χ3v) is 2.25. The summed E-state index contributed by atoms with van der Waals surface area (Å²) in [7, 11) is 0. The number of fused-ring (bicyclic) bond motifs is 1. The van der Waals surface area contributed by atoms with E-state index >= 15 is 0 Å². The molecule has 1 aromatic carbocycles. The highest BCUT2D eigenvalue weighted by Crippen LogP contribution is 2.31. The minimum Gasteiger partial charge on any atom is -0.506 e. The van der Waals surface area contributed by atoms with Crippen LogP contribution in [0.3, 0.4) is 0 Å². The third kappa shape index (κ3) is 1.42. The Labute approximate surface area is 89.9 Å². The van der Waals surface area contributed by atoms with Crippen molar-refractivity contribution in [3.05, 3.63) is 29.5 Å². The van der Waals surface area contributed by atoms with Crippen LogP contribution in [-0.2, 0) is 0 Å². The molecule has 0 bridgehead atoms. The van der Waals surface area contributed by atoms with Crippen LogP contribution in [0.1, 0.15) is 27.8 Å². The molecule has 0 aliphatic carbocycles. The Hall–Kier alpha value is -2.30. The van der Waals surface area contributed by atoms with Crippen molar-refractivity contribution in [2.24, 2.45) is 0 Å². The van der Waals surface area contributed by atoms with Crippen molar-refractivity contribution in [1.29, 1.82) is 0 Å². The van der Waals surface area contributed by atoms with Crippen molar-refractivity contribution >= 4 is 22.7 Å². The number of phenols is 1. The molecule has 0 spiro atoms. The summed E-state index contributed by atoms with van der Waals surface area (Å²) in [5, 5.41) is 18.7. The number of carboxylic acids is 1. The number of benzene rings is 1. The molecule has 1 heterocycles. The maximum atomic E-state index is 11.1. The molecule has 0 aliphatic heterocycles. The highest BCUT2D eigenvalue weighted by Gasteiger charge is 2.16. The molecule has 0 saturated heterocycles. The maximum Gasteiger partial charge on any atom is 0.339 e. The summed E-state index contributed by atoms with van der Waals surface area (Å²) >= 11 is 0. The van der Waals surface area contributed by atoms with Crippen molar-refractivity contribution in [1.82, 2.24) is 0 Å². The van der Waals surface area contributed by atoms with Crippen LogP contribution < -0.4 is 0 Å². The fourth-order valence-corrected chi connectivity index (χ4v) is 1.44. The zero-order chi connectivity index (χ0) is 11.9. The molecular formula is C11H8O5. The van der Waals surface area contributed by atoms with Gasteiger partial charge in [-0.05, 0) is 18.2 Å². The standard InChI is InChI=1S/C11H8O5/c1-5(12)9-4-7-8(16-9)3-2-6(10(7)13)11(14)15/h2-4,13H,1H3,(H,14,15). The molecule has 0 amide bonds. The van der Waals surface area contributed by atoms with E-state index < -0.39 is 5.97 Å². The van der Waals surface area contributed by atoms with Gasteiger partial charge in [0.05, 0.1) is 5.39 Å². The largest absolute Gasteiger partial charge is 0.506 e. The van der Waals surface area contributed by atoms with Gasteiger partial charge in [-0.3, -0.25) is 4.79 Å². The average molecular weight is 220 g/mol. The van der Waals surface area contributed by atoms with Crippen molar-refractivity contribution < 1.29 is 24.2 Å². The van der Waals surface area contributed by atoms with Crippen molar-refractivity contribution in [3.63, 3.8) is 0 Å². The Balaban J connectivity index is 2.74. The van der Waals surface area contributed by atoms with E-state index in [4.69, 9.17) is 9.52 Å². The maximum absolute atomic E-state index is 11.1. The summed E-state index contributed by atoms with van der Waals surface area (Å²) in [4.78, 5) is 21.8. The van der Waals surface area contributed by atoms with Gasteiger partial charge in [-0.25, -0.2) is 4.79 Å². The third-order valence-electron chi connectivity index (χ3n) is 2.25. The van der Waals surface area contributed by atoms with E-state index in [2.05, 4.69) is 0 Å². The number of carbonyl (C=O) groups is 2. The average Bonchev–Trinajstić information content (AvgIpc) is 2.62. The number of carbonyl (C=O) groups excluding carboxylic acids is 1. The Morgan fingerprint density at radius 2 is 2.00 bits per heavy atom. The monoisotopic (exact) mass is 220 g/mol. The first-order valence-corrected chi connectivity index (χ1v) is 4.50. The van der Waals surface area contributed by atoms with E-state index in [0.29, 0.717) is 0 Å². The quantitative estimate of drug-likeness (QED) is 0.756. The molecule has 5 heteroatoms. The number of hydrogen-bond acceptors (Lipinski definition) is 4. The van der Waals surface area contributed by atoms with Crippen LogP contribution in [0.4, 0.5) is 0 Å². The molecule has 16 heavy (non-hydrogen) atoms. The number of hydrogen-bond donors (Lipinski definition) is 2. The van der Waals surface area contributed by atoms with Crippen LogP contribution in [0.5, 0.6) is 5.75 Å². The lowest BCUT2D eigenvalue weighted by Gasteiger charge is -1.98. The van der Waals surface area contributed by atoms with Crippen LogP contribution in [0.25, 0.3) is 11.0 Å². The topological polar surface area (TPSA) is 87.7 Å². The number of Topliss-reactive ketones (excluding diaryl/α,β-unsaturated/α-hetero) is 1. The van der Waals surface area contributed by atoms with E-state index in [1.807, 2.05) is 0 Å². The molecule has 5 nitrogen and oxygen atoms in total. The lowest BCUT2D eigenvalue weighted by molar-refractivity contribution is 0.0694. The van der Waals surface area contributed by atoms with E-state index in [9.17, 15) is 14.7 Å². The van der Waals surface area contributed by atoms with Crippen molar-refractivity contribution in [2.75, 3.05) is 0 Å². The predicted octanol–water partition coefficient (Wildman–Crippen LogP) is 2.04. The fourth-order valence-electron chi connectivity index (χ4n) is 1.44. The molecular weight excluding hydrogens is 212 g/mol. The minimum atomic E-state index is -1.23. The molecule has 1 aromatic heterocycles. The first-order chi connectivity index (χ1) is 7.50. The number of aromatic hydroxyl groups is 1. The smallest absolute Gasteiger partial charge is 0.339 e. The van der Waals surface area contributed by atoms with Crippen molar-refractivity contribution in [2.45, 2.75) is 6.92 Å². The summed E-state index contributed by atoms with van der Waals surface area (Å²) in [6.07, 6.45) is 0. The number of rotatable bonds is 2. The van der Waals surface area contributed by atoms with Gasteiger partial charge in [0.1, 0.15) is 16.9 Å². The molecule has 0 saturated carbocycles. The van der Waals surface area contributed by atoms with Crippen LogP contribution in [0, 0.1) is 0 Å². The van der Waals surface area contributed by atoms with Gasteiger partial charge in [-0.15, -0.1) is 0 Å². The van der Waals surface area contributed by atoms with Crippen LogP contribution >= 0.6 is 0 Å².